The Morgan fingerprint density at radius 2 is 1.45 bits per heavy atom. The number of aromatic nitrogens is 1. The molecule has 0 fully saturated rings. The summed E-state index contributed by atoms with van der Waals surface area (Å²) in [5.41, 5.74) is 4.43. The third kappa shape index (κ3) is 8.52. The van der Waals surface area contributed by atoms with Gasteiger partial charge in [-0.2, -0.15) is 0 Å². The number of fused-ring (bicyclic) bond motifs is 6. The molecular formula is C47H58IrNO2S2-. The van der Waals surface area contributed by atoms with Crippen LogP contribution in [0.1, 0.15) is 118 Å². The minimum atomic E-state index is -0.337. The van der Waals surface area contributed by atoms with Crippen LogP contribution in [0.2, 0.25) is 0 Å². The van der Waals surface area contributed by atoms with Gasteiger partial charge in [0.2, 0.25) is 0 Å². The molecule has 53 heavy (non-hydrogen) atoms. The van der Waals surface area contributed by atoms with Gasteiger partial charge in [0.05, 0.1) is 0 Å². The normalized spacial score (nSPS) is 12.8. The largest absolute Gasteiger partial charge is 0.512 e. The Kier molecular flexibility index (Phi) is 13.6. The van der Waals surface area contributed by atoms with Crippen molar-refractivity contribution in [3.8, 4) is 11.3 Å². The first-order valence-corrected chi connectivity index (χ1v) is 20.8. The van der Waals surface area contributed by atoms with E-state index in [1.807, 2.05) is 70.4 Å². The minimum Gasteiger partial charge on any atom is -0.512 e. The van der Waals surface area contributed by atoms with Crippen LogP contribution in [0.5, 0.6) is 0 Å². The molecule has 0 saturated carbocycles. The van der Waals surface area contributed by atoms with E-state index in [1.165, 1.54) is 57.7 Å². The Morgan fingerprint density at radius 1 is 0.849 bits per heavy atom. The van der Waals surface area contributed by atoms with Crippen molar-refractivity contribution in [2.24, 2.45) is 16.7 Å². The number of thiophene rings is 2. The molecule has 0 aliphatic rings. The number of aliphatic hydroxyl groups is 1. The van der Waals surface area contributed by atoms with Gasteiger partial charge in [0.15, 0.2) is 5.78 Å². The van der Waals surface area contributed by atoms with Gasteiger partial charge < -0.3 is 5.11 Å². The van der Waals surface area contributed by atoms with Crippen molar-refractivity contribution in [1.29, 1.82) is 0 Å². The van der Waals surface area contributed by atoms with E-state index in [4.69, 9.17) is 4.98 Å². The van der Waals surface area contributed by atoms with Crippen molar-refractivity contribution < 1.29 is 30.0 Å². The van der Waals surface area contributed by atoms with Crippen LogP contribution >= 0.6 is 22.7 Å². The molecular weight excluding hydrogens is 867 g/mol. The number of carbonyl (C=O) groups is 1. The van der Waals surface area contributed by atoms with Gasteiger partial charge >= 0.3 is 0 Å². The Labute approximate surface area is 339 Å². The SMILES string of the molecule is CCC(C)(CC)C(=O)/C=C(\O)C(C)(CC)CC.Cc1sc2ccc3sc4c(-c5[c-]c6ccccc6c(C(C)(C)C)c5)nccc4c3c2c1CC(C)C.[Ir]. The van der Waals surface area contributed by atoms with Gasteiger partial charge in [-0.25, -0.2) is 0 Å². The van der Waals surface area contributed by atoms with Crippen molar-refractivity contribution in [2.45, 2.75) is 121 Å². The molecule has 0 amide bonds. The molecule has 0 saturated heterocycles. The molecule has 6 rings (SSSR count). The third-order valence-electron chi connectivity index (χ3n) is 11.6. The summed E-state index contributed by atoms with van der Waals surface area (Å²) >= 11 is 3.81. The summed E-state index contributed by atoms with van der Waals surface area (Å²) < 4.78 is 4.01. The number of hydrogen-bond acceptors (Lipinski definition) is 5. The summed E-state index contributed by atoms with van der Waals surface area (Å²) in [5.74, 6) is 0.917. The molecule has 0 spiro atoms. The van der Waals surface area contributed by atoms with E-state index >= 15 is 0 Å². The van der Waals surface area contributed by atoms with Gasteiger partial charge in [0, 0.05) is 78.7 Å². The fourth-order valence-corrected chi connectivity index (χ4v) is 9.38. The van der Waals surface area contributed by atoms with Crippen LogP contribution in [0.3, 0.4) is 0 Å². The van der Waals surface area contributed by atoms with Crippen LogP contribution in [0.4, 0.5) is 0 Å². The number of allylic oxidation sites excluding steroid dienone is 2. The second kappa shape index (κ2) is 16.9. The molecule has 6 aromatic rings. The number of aryl methyl sites for hydroxylation is 1. The van der Waals surface area contributed by atoms with Crippen molar-refractivity contribution in [3.05, 3.63) is 88.6 Å². The summed E-state index contributed by atoms with van der Waals surface area (Å²) in [7, 11) is 0. The first-order chi connectivity index (χ1) is 24.5. The van der Waals surface area contributed by atoms with Crippen LogP contribution in [0.15, 0.2) is 66.6 Å². The second-order valence-corrected chi connectivity index (χ2v) is 18.8. The third-order valence-corrected chi connectivity index (χ3v) is 13.8. The van der Waals surface area contributed by atoms with Gasteiger partial charge in [-0.1, -0.05) is 105 Å². The number of aliphatic hydroxyl groups excluding tert-OH is 1. The molecule has 0 aliphatic heterocycles. The predicted octanol–water partition coefficient (Wildman–Crippen LogP) is 14.7. The molecule has 3 nitrogen and oxygen atoms in total. The molecule has 3 aromatic carbocycles. The Morgan fingerprint density at radius 3 is 2.04 bits per heavy atom. The summed E-state index contributed by atoms with van der Waals surface area (Å²) in [4.78, 5) is 18.6. The van der Waals surface area contributed by atoms with E-state index in [1.54, 1.807) is 0 Å². The van der Waals surface area contributed by atoms with Crippen LogP contribution in [-0.2, 0) is 36.7 Å². The fraction of sp³-hybridized carbons (Fsp3) is 0.447. The van der Waals surface area contributed by atoms with Crippen molar-refractivity contribution >= 4 is 69.5 Å². The maximum absolute atomic E-state index is 12.2. The molecule has 285 valence electrons. The molecule has 0 aliphatic carbocycles. The van der Waals surface area contributed by atoms with Gasteiger partial charge in [-0.3, -0.25) is 9.78 Å². The molecule has 6 heteroatoms. The molecule has 0 atom stereocenters. The first kappa shape index (κ1) is 42.8. The van der Waals surface area contributed by atoms with E-state index in [0.29, 0.717) is 5.92 Å². The standard InChI is InChI=1S/C32H30NS2.C15H28O2.Ir/c1-18(2)15-24-19(3)34-26-11-12-27-28(29(24)26)23-13-14-33-30(31(23)35-27)21-16-20-9-7-8-10-22(20)25(17-21)32(4,5)6;1-7-14(5,8-2)12(16)11-13(17)15(6,9-3)10-4;/h7-14,17-18H,15H2,1-6H3;11,16H,7-10H2,1-6H3;/q-1;;/b;12-11-;. The average molecular weight is 925 g/mol. The van der Waals surface area contributed by atoms with Gasteiger partial charge in [-0.15, -0.1) is 51.8 Å². The van der Waals surface area contributed by atoms with Crippen LogP contribution < -0.4 is 0 Å². The Hall–Kier alpha value is -2.89. The summed E-state index contributed by atoms with van der Waals surface area (Å²) in [6.07, 6.45) is 7.86. The summed E-state index contributed by atoms with van der Waals surface area (Å²) in [5, 5.41) is 16.8. The monoisotopic (exact) mass is 925 g/mol. The summed E-state index contributed by atoms with van der Waals surface area (Å²) in [6, 6.07) is 21.5. The number of pyridine rings is 1. The number of rotatable bonds is 10. The number of ketones is 1. The zero-order valence-corrected chi connectivity index (χ0v) is 37.9. The molecule has 0 unspecified atom stereocenters. The average Bonchev–Trinajstić information content (AvgIpc) is 3.66. The second-order valence-electron chi connectivity index (χ2n) is 16.5. The zero-order chi connectivity index (χ0) is 38.2. The molecule has 3 aromatic heterocycles. The number of carbonyl (C=O) groups excluding carboxylic acids is 1. The molecule has 3 heterocycles. The Balaban J connectivity index is 0.000000299. The summed E-state index contributed by atoms with van der Waals surface area (Å²) in [6.45, 7) is 25.9. The van der Waals surface area contributed by atoms with E-state index in [0.717, 1.165) is 48.7 Å². The van der Waals surface area contributed by atoms with Gasteiger partial charge in [0.1, 0.15) is 5.76 Å². The van der Waals surface area contributed by atoms with Gasteiger partial charge in [-0.05, 0) is 79.5 Å². The van der Waals surface area contributed by atoms with Crippen LogP contribution in [0, 0.1) is 29.7 Å². The van der Waals surface area contributed by atoms with E-state index in [-0.39, 0.29) is 47.9 Å². The fourth-order valence-electron chi connectivity index (χ4n) is 7.07. The molecule has 1 N–H and O–H groups in total. The quantitative estimate of drug-likeness (QED) is 0.0846. The predicted molar refractivity (Wildman–Crippen MR) is 229 cm³/mol. The van der Waals surface area contributed by atoms with Crippen molar-refractivity contribution in [2.75, 3.05) is 0 Å². The maximum Gasteiger partial charge on any atom is 0.164 e. The van der Waals surface area contributed by atoms with Gasteiger partial charge in [0.25, 0.3) is 0 Å². The first-order valence-electron chi connectivity index (χ1n) is 19.1. The number of hydrogen-bond donors (Lipinski definition) is 1. The Bertz CT molecular complexity index is 2260. The molecule has 1 radical (unpaired) electrons. The van der Waals surface area contributed by atoms with E-state index in [9.17, 15) is 9.90 Å². The van der Waals surface area contributed by atoms with Crippen LogP contribution in [-0.4, -0.2) is 15.9 Å². The number of benzene rings is 3. The van der Waals surface area contributed by atoms with Crippen LogP contribution in [0.25, 0.3) is 52.3 Å². The van der Waals surface area contributed by atoms with E-state index in [2.05, 4.69) is 96.1 Å². The number of nitrogens with zero attached hydrogens (tertiary/aromatic N) is 1. The van der Waals surface area contributed by atoms with E-state index < -0.39 is 0 Å². The van der Waals surface area contributed by atoms with Crippen molar-refractivity contribution in [1.82, 2.24) is 4.98 Å². The minimum absolute atomic E-state index is 0. The van der Waals surface area contributed by atoms with Crippen molar-refractivity contribution in [3.63, 3.8) is 0 Å². The molecule has 0 bridgehead atoms. The topological polar surface area (TPSA) is 50.2 Å². The maximum atomic E-state index is 12.2. The zero-order valence-electron chi connectivity index (χ0n) is 33.8. The smallest absolute Gasteiger partial charge is 0.164 e.